The van der Waals surface area contributed by atoms with Gasteiger partial charge in [0.1, 0.15) is 23.3 Å². The number of aromatic amines is 3. The monoisotopic (exact) mass is 515 g/mol. The highest BCUT2D eigenvalue weighted by molar-refractivity contribution is 7.11. The van der Waals surface area contributed by atoms with Crippen molar-refractivity contribution in [1.82, 2.24) is 45.1 Å². The number of H-pyrrole nitrogens is 3. The van der Waals surface area contributed by atoms with E-state index in [2.05, 4.69) is 57.4 Å². The third-order valence-corrected chi connectivity index (χ3v) is 5.56. The van der Waals surface area contributed by atoms with Crippen LogP contribution >= 0.6 is 22.7 Å². The Morgan fingerprint density at radius 1 is 0.629 bits per heavy atom. The number of aromatic nitrogens is 9. The maximum Gasteiger partial charge on any atom is 0.147 e. The Morgan fingerprint density at radius 2 is 1.20 bits per heavy atom. The lowest BCUT2D eigenvalue weighted by Crippen LogP contribution is -1.70. The van der Waals surface area contributed by atoms with Gasteiger partial charge in [-0.15, -0.1) is 22.7 Å². The first-order valence-electron chi connectivity index (χ1n) is 11.0. The van der Waals surface area contributed by atoms with Gasteiger partial charge in [-0.1, -0.05) is 0 Å². The van der Waals surface area contributed by atoms with Crippen LogP contribution in [0, 0.1) is 69.2 Å². The highest BCUT2D eigenvalue weighted by atomic mass is 32.1. The Morgan fingerprint density at radius 3 is 1.31 bits per heavy atom. The van der Waals surface area contributed by atoms with Crippen LogP contribution in [0.3, 0.4) is 0 Å². The SMILES string of the molecule is Cc1cnc(C)[nH]1.Cc1cnc(C)[nH]1.Cc1cnc(C)s1.Cc1csc(C)n1.Cc1n[nH]c(C)n1. The molecule has 0 bridgehead atoms. The van der Waals surface area contributed by atoms with E-state index >= 15 is 0 Å². The highest BCUT2D eigenvalue weighted by Crippen LogP contribution is 2.08. The number of aryl methyl sites for hydroxylation is 10. The molecule has 0 aliphatic rings. The summed E-state index contributed by atoms with van der Waals surface area (Å²) < 4.78 is 0. The summed E-state index contributed by atoms with van der Waals surface area (Å²) in [5.74, 6) is 3.64. The molecule has 9 nitrogen and oxygen atoms in total. The molecule has 0 saturated heterocycles. The van der Waals surface area contributed by atoms with Crippen molar-refractivity contribution in [1.29, 1.82) is 0 Å². The van der Waals surface area contributed by atoms with Gasteiger partial charge in [0.05, 0.1) is 10.0 Å². The van der Waals surface area contributed by atoms with E-state index in [1.54, 1.807) is 22.7 Å². The van der Waals surface area contributed by atoms with Gasteiger partial charge in [-0.2, -0.15) is 5.10 Å². The minimum Gasteiger partial charge on any atom is -0.346 e. The molecule has 11 heteroatoms. The second kappa shape index (κ2) is 15.7. The normalized spacial score (nSPS) is 9.43. The highest BCUT2D eigenvalue weighted by Gasteiger charge is 1.88. The molecule has 190 valence electrons. The van der Waals surface area contributed by atoms with Crippen LogP contribution in [0.5, 0.6) is 0 Å². The first kappa shape index (κ1) is 29.9. The number of nitrogens with one attached hydrogen (secondary N) is 3. The van der Waals surface area contributed by atoms with Crippen LogP contribution in [-0.4, -0.2) is 45.1 Å². The van der Waals surface area contributed by atoms with E-state index < -0.39 is 0 Å². The molecular weight excluding hydrogens is 478 g/mol. The third-order valence-electron chi connectivity index (χ3n) is 3.84. The number of hydrogen-bond acceptors (Lipinski definition) is 8. The molecule has 5 rings (SSSR count). The summed E-state index contributed by atoms with van der Waals surface area (Å²) in [7, 11) is 0. The fourth-order valence-corrected chi connectivity index (χ4v) is 3.75. The lowest BCUT2D eigenvalue weighted by Gasteiger charge is -1.74. The van der Waals surface area contributed by atoms with Gasteiger partial charge in [-0.25, -0.2) is 24.9 Å². The van der Waals surface area contributed by atoms with Crippen LogP contribution in [0.2, 0.25) is 0 Å². The van der Waals surface area contributed by atoms with E-state index in [-0.39, 0.29) is 0 Å². The van der Waals surface area contributed by atoms with Gasteiger partial charge in [0.15, 0.2) is 0 Å². The molecule has 0 aliphatic heterocycles. The summed E-state index contributed by atoms with van der Waals surface area (Å²) in [6, 6.07) is 0. The summed E-state index contributed by atoms with van der Waals surface area (Å²) in [5, 5.41) is 10.8. The number of hydrogen-bond donors (Lipinski definition) is 3. The number of thiazole rings is 2. The van der Waals surface area contributed by atoms with Crippen molar-refractivity contribution in [2.45, 2.75) is 69.2 Å². The summed E-state index contributed by atoms with van der Waals surface area (Å²) in [6.45, 7) is 19.7. The molecule has 0 radical (unpaired) electrons. The van der Waals surface area contributed by atoms with Gasteiger partial charge in [-0.3, -0.25) is 5.10 Å². The Hall–Kier alpha value is -3.18. The average molecular weight is 516 g/mol. The van der Waals surface area contributed by atoms with E-state index in [0.717, 1.165) is 50.4 Å². The Kier molecular flexibility index (Phi) is 13.4. The van der Waals surface area contributed by atoms with Crippen molar-refractivity contribution >= 4 is 22.7 Å². The van der Waals surface area contributed by atoms with Crippen molar-refractivity contribution < 1.29 is 0 Å². The van der Waals surface area contributed by atoms with Gasteiger partial charge >= 0.3 is 0 Å². The molecule has 0 saturated carbocycles. The van der Waals surface area contributed by atoms with E-state index in [4.69, 9.17) is 0 Å². The lowest BCUT2D eigenvalue weighted by atomic mass is 10.6. The van der Waals surface area contributed by atoms with Crippen molar-refractivity contribution in [3.63, 3.8) is 0 Å². The van der Waals surface area contributed by atoms with E-state index in [0.29, 0.717) is 0 Å². The van der Waals surface area contributed by atoms with Crippen LogP contribution in [0.25, 0.3) is 0 Å². The topological polar surface area (TPSA) is 125 Å². The molecule has 35 heavy (non-hydrogen) atoms. The van der Waals surface area contributed by atoms with Gasteiger partial charge in [0.25, 0.3) is 0 Å². The molecule has 0 spiro atoms. The second-order valence-electron chi connectivity index (χ2n) is 7.77. The average Bonchev–Trinajstić information content (AvgIpc) is 3.59. The molecule has 5 heterocycles. The Labute approximate surface area is 216 Å². The first-order chi connectivity index (χ1) is 16.4. The smallest absolute Gasteiger partial charge is 0.147 e. The Bertz CT molecular complexity index is 923. The largest absolute Gasteiger partial charge is 0.346 e. The zero-order valence-corrected chi connectivity index (χ0v) is 23.9. The number of imidazole rings is 2. The third kappa shape index (κ3) is 14.6. The first-order valence-corrected chi connectivity index (χ1v) is 12.7. The predicted octanol–water partition coefficient (Wildman–Crippen LogP) is 5.99. The predicted molar refractivity (Wildman–Crippen MR) is 145 cm³/mol. The summed E-state index contributed by atoms with van der Waals surface area (Å²) in [6.07, 6.45) is 5.52. The Balaban J connectivity index is 0.000000219. The van der Waals surface area contributed by atoms with Crippen LogP contribution in [0.4, 0.5) is 0 Å². The van der Waals surface area contributed by atoms with Crippen molar-refractivity contribution in [3.05, 3.63) is 79.2 Å². The van der Waals surface area contributed by atoms with Gasteiger partial charge in [-0.05, 0) is 69.2 Å². The summed E-state index contributed by atoms with van der Waals surface area (Å²) >= 11 is 3.42. The molecule has 5 aromatic rings. The van der Waals surface area contributed by atoms with Crippen LogP contribution < -0.4 is 0 Å². The summed E-state index contributed by atoms with van der Waals surface area (Å²) in [4.78, 5) is 27.4. The fourth-order valence-electron chi connectivity index (χ4n) is 2.48. The van der Waals surface area contributed by atoms with Crippen LogP contribution in [0.15, 0.2) is 24.0 Å². The number of rotatable bonds is 0. The minimum absolute atomic E-state index is 0.803. The van der Waals surface area contributed by atoms with E-state index in [9.17, 15) is 0 Å². The molecule has 0 unspecified atom stereocenters. The molecule has 0 aliphatic carbocycles. The number of nitrogens with zero attached hydrogens (tertiary/aromatic N) is 6. The second-order valence-corrected chi connectivity index (χ2v) is 10.3. The van der Waals surface area contributed by atoms with E-state index in [1.807, 2.05) is 80.9 Å². The van der Waals surface area contributed by atoms with Crippen LogP contribution in [0.1, 0.15) is 55.3 Å². The van der Waals surface area contributed by atoms with Gasteiger partial charge in [0, 0.05) is 45.9 Å². The van der Waals surface area contributed by atoms with Crippen molar-refractivity contribution in [3.8, 4) is 0 Å². The van der Waals surface area contributed by atoms with E-state index in [1.165, 1.54) is 4.88 Å². The quantitative estimate of drug-likeness (QED) is 0.232. The van der Waals surface area contributed by atoms with Crippen molar-refractivity contribution in [2.75, 3.05) is 0 Å². The molecular formula is C24H37N9S2. The lowest BCUT2D eigenvalue weighted by molar-refractivity contribution is 1.02. The standard InChI is InChI=1S/2C5H8N2.2C5H7NS.C4H7N3/c2*1-4-3-6-5(2)7-4;1-4-3-7-5(2)6-4;1-4-3-6-5(2)7-4;1-3-5-4(2)7-6-3/h2*3H,1-2H3,(H,6,7);2*3H,1-2H3;1-2H3,(H,5,6,7). The maximum atomic E-state index is 4.13. The maximum absolute atomic E-state index is 4.13. The molecule has 0 aromatic carbocycles. The molecule has 5 aromatic heterocycles. The zero-order valence-electron chi connectivity index (χ0n) is 22.3. The molecule has 0 amide bonds. The van der Waals surface area contributed by atoms with Crippen molar-refractivity contribution in [2.24, 2.45) is 0 Å². The van der Waals surface area contributed by atoms with Gasteiger partial charge < -0.3 is 9.97 Å². The summed E-state index contributed by atoms with van der Waals surface area (Å²) in [5.41, 5.74) is 3.37. The van der Waals surface area contributed by atoms with Crippen LogP contribution in [-0.2, 0) is 0 Å². The molecule has 0 atom stereocenters. The zero-order chi connectivity index (χ0) is 26.4. The molecule has 0 fully saturated rings. The molecule has 3 N–H and O–H groups in total. The fraction of sp³-hybridized carbons (Fsp3) is 0.417. The van der Waals surface area contributed by atoms with Gasteiger partial charge in [0.2, 0.25) is 0 Å². The minimum atomic E-state index is 0.803.